The van der Waals surface area contributed by atoms with Gasteiger partial charge in [0.1, 0.15) is 16.4 Å². The van der Waals surface area contributed by atoms with E-state index in [0.29, 0.717) is 6.61 Å². The lowest BCUT2D eigenvalue weighted by Gasteiger charge is -2.07. The molecule has 2 heterocycles. The van der Waals surface area contributed by atoms with E-state index in [9.17, 15) is 0 Å². The van der Waals surface area contributed by atoms with Crippen molar-refractivity contribution in [1.82, 2.24) is 9.97 Å². The third kappa shape index (κ3) is 2.69. The van der Waals surface area contributed by atoms with E-state index in [2.05, 4.69) is 28.3 Å². The molecule has 108 valence electrons. The van der Waals surface area contributed by atoms with Crippen molar-refractivity contribution in [3.8, 4) is 17.1 Å². The summed E-state index contributed by atoms with van der Waals surface area (Å²) in [4.78, 5) is 11.6. The van der Waals surface area contributed by atoms with E-state index in [1.165, 1.54) is 4.88 Å². The molecule has 3 aromatic rings. The monoisotopic (exact) mass is 299 g/mol. The molecule has 2 aromatic heterocycles. The number of nitrogens with one attached hydrogen (secondary N) is 1. The van der Waals surface area contributed by atoms with Crippen LogP contribution in [0.25, 0.3) is 21.6 Å². The highest BCUT2D eigenvalue weighted by atomic mass is 32.1. The Kier molecular flexibility index (Phi) is 3.75. The van der Waals surface area contributed by atoms with Crippen LogP contribution in [0.1, 0.15) is 11.8 Å². The van der Waals surface area contributed by atoms with Gasteiger partial charge < -0.3 is 10.1 Å². The first kappa shape index (κ1) is 13.8. The second kappa shape index (κ2) is 5.69. The van der Waals surface area contributed by atoms with Gasteiger partial charge in [0.15, 0.2) is 5.82 Å². The highest BCUT2D eigenvalue weighted by Crippen LogP contribution is 2.31. The van der Waals surface area contributed by atoms with E-state index in [1.807, 2.05) is 38.2 Å². The molecule has 21 heavy (non-hydrogen) atoms. The highest BCUT2D eigenvalue weighted by molar-refractivity contribution is 7.18. The van der Waals surface area contributed by atoms with E-state index >= 15 is 0 Å². The molecular formula is C16H17N3OS. The summed E-state index contributed by atoms with van der Waals surface area (Å²) in [6.07, 6.45) is 0. The molecule has 1 N–H and O–H groups in total. The van der Waals surface area contributed by atoms with Crippen LogP contribution in [0.3, 0.4) is 0 Å². The number of nitrogens with zero attached hydrogens (tertiary/aromatic N) is 2. The van der Waals surface area contributed by atoms with E-state index in [4.69, 9.17) is 4.74 Å². The lowest BCUT2D eigenvalue weighted by molar-refractivity contribution is 0.340. The van der Waals surface area contributed by atoms with Crippen molar-refractivity contribution < 1.29 is 4.74 Å². The SMILES string of the molecule is CCOc1cccc(-c2nc(NC)c3cc(C)sc3n2)c1. The van der Waals surface area contributed by atoms with E-state index < -0.39 is 0 Å². The smallest absolute Gasteiger partial charge is 0.163 e. The van der Waals surface area contributed by atoms with Gasteiger partial charge >= 0.3 is 0 Å². The molecule has 0 atom stereocenters. The molecular weight excluding hydrogens is 282 g/mol. The Balaban J connectivity index is 2.13. The van der Waals surface area contributed by atoms with E-state index in [1.54, 1.807) is 11.3 Å². The van der Waals surface area contributed by atoms with Gasteiger partial charge in [0.25, 0.3) is 0 Å². The molecule has 0 bridgehead atoms. The van der Waals surface area contributed by atoms with Crippen LogP contribution >= 0.6 is 11.3 Å². The first-order chi connectivity index (χ1) is 10.2. The van der Waals surface area contributed by atoms with Gasteiger partial charge in [0.2, 0.25) is 0 Å². The van der Waals surface area contributed by atoms with Crippen molar-refractivity contribution >= 4 is 27.4 Å². The summed E-state index contributed by atoms with van der Waals surface area (Å²) in [5.41, 5.74) is 0.963. The number of rotatable bonds is 4. The fourth-order valence-corrected chi connectivity index (χ4v) is 3.13. The van der Waals surface area contributed by atoms with Crippen LogP contribution in [0.15, 0.2) is 30.3 Å². The number of hydrogen-bond acceptors (Lipinski definition) is 5. The molecule has 0 unspecified atom stereocenters. The lowest BCUT2D eigenvalue weighted by Crippen LogP contribution is -1.97. The van der Waals surface area contributed by atoms with Gasteiger partial charge in [-0.05, 0) is 32.0 Å². The molecule has 0 aliphatic rings. The summed E-state index contributed by atoms with van der Waals surface area (Å²) in [7, 11) is 1.88. The Hall–Kier alpha value is -2.14. The van der Waals surface area contributed by atoms with Gasteiger partial charge in [-0.15, -0.1) is 11.3 Å². The quantitative estimate of drug-likeness (QED) is 0.787. The lowest BCUT2D eigenvalue weighted by atomic mass is 10.2. The summed E-state index contributed by atoms with van der Waals surface area (Å²) in [6.45, 7) is 4.71. The Labute approximate surface area is 127 Å². The number of anilines is 1. The van der Waals surface area contributed by atoms with Crippen molar-refractivity contribution in [1.29, 1.82) is 0 Å². The first-order valence-electron chi connectivity index (χ1n) is 6.90. The maximum absolute atomic E-state index is 5.55. The molecule has 0 amide bonds. The van der Waals surface area contributed by atoms with Gasteiger partial charge in [0, 0.05) is 17.5 Å². The maximum Gasteiger partial charge on any atom is 0.163 e. The van der Waals surface area contributed by atoms with E-state index in [0.717, 1.165) is 33.2 Å². The van der Waals surface area contributed by atoms with Crippen molar-refractivity contribution in [2.75, 3.05) is 19.0 Å². The third-order valence-electron chi connectivity index (χ3n) is 3.16. The van der Waals surface area contributed by atoms with Gasteiger partial charge in [-0.25, -0.2) is 9.97 Å². The first-order valence-corrected chi connectivity index (χ1v) is 7.72. The van der Waals surface area contributed by atoms with Crippen molar-refractivity contribution in [3.05, 3.63) is 35.2 Å². The van der Waals surface area contributed by atoms with Crippen LogP contribution < -0.4 is 10.1 Å². The molecule has 0 aliphatic carbocycles. The Bertz CT molecular complexity index is 782. The molecule has 0 saturated heterocycles. The zero-order valence-electron chi connectivity index (χ0n) is 12.3. The number of aromatic nitrogens is 2. The number of aryl methyl sites for hydroxylation is 1. The van der Waals surface area contributed by atoms with Crippen LogP contribution in [-0.2, 0) is 0 Å². The molecule has 3 rings (SSSR count). The molecule has 0 radical (unpaired) electrons. The third-order valence-corrected chi connectivity index (χ3v) is 4.10. The molecule has 1 aromatic carbocycles. The minimum Gasteiger partial charge on any atom is -0.494 e. The molecule has 0 spiro atoms. The minimum atomic E-state index is 0.648. The molecule has 0 aliphatic heterocycles. The summed E-state index contributed by atoms with van der Waals surface area (Å²) in [5, 5.41) is 4.23. The largest absolute Gasteiger partial charge is 0.494 e. The molecule has 5 heteroatoms. The molecule has 0 saturated carbocycles. The fourth-order valence-electron chi connectivity index (χ4n) is 2.25. The highest BCUT2D eigenvalue weighted by Gasteiger charge is 2.11. The van der Waals surface area contributed by atoms with Crippen molar-refractivity contribution in [2.24, 2.45) is 0 Å². The average molecular weight is 299 g/mol. The number of thiophene rings is 1. The van der Waals surface area contributed by atoms with Gasteiger partial charge in [0.05, 0.1) is 12.0 Å². The van der Waals surface area contributed by atoms with Crippen LogP contribution in [0.5, 0.6) is 5.75 Å². The van der Waals surface area contributed by atoms with E-state index in [-0.39, 0.29) is 0 Å². The topological polar surface area (TPSA) is 47.0 Å². The maximum atomic E-state index is 5.55. The Morgan fingerprint density at radius 3 is 2.86 bits per heavy atom. The predicted molar refractivity (Wildman–Crippen MR) is 88.3 cm³/mol. The van der Waals surface area contributed by atoms with Gasteiger partial charge in [-0.3, -0.25) is 0 Å². The van der Waals surface area contributed by atoms with Crippen LogP contribution in [-0.4, -0.2) is 23.6 Å². The van der Waals surface area contributed by atoms with Gasteiger partial charge in [-0.1, -0.05) is 12.1 Å². The normalized spacial score (nSPS) is 10.8. The van der Waals surface area contributed by atoms with Crippen LogP contribution in [0.2, 0.25) is 0 Å². The summed E-state index contributed by atoms with van der Waals surface area (Å²) >= 11 is 1.68. The number of hydrogen-bond donors (Lipinski definition) is 1. The van der Waals surface area contributed by atoms with Gasteiger partial charge in [-0.2, -0.15) is 0 Å². The van der Waals surface area contributed by atoms with Crippen LogP contribution in [0, 0.1) is 6.92 Å². The second-order valence-corrected chi connectivity index (χ2v) is 5.92. The molecule has 4 nitrogen and oxygen atoms in total. The summed E-state index contributed by atoms with van der Waals surface area (Å²) < 4.78 is 5.55. The summed E-state index contributed by atoms with van der Waals surface area (Å²) in [5.74, 6) is 2.42. The second-order valence-electron chi connectivity index (χ2n) is 4.68. The number of fused-ring (bicyclic) bond motifs is 1. The number of benzene rings is 1. The average Bonchev–Trinajstić information content (AvgIpc) is 2.87. The zero-order valence-corrected chi connectivity index (χ0v) is 13.1. The Morgan fingerprint density at radius 2 is 2.10 bits per heavy atom. The number of ether oxygens (including phenoxy) is 1. The van der Waals surface area contributed by atoms with Crippen molar-refractivity contribution in [3.63, 3.8) is 0 Å². The standard InChI is InChI=1S/C16H17N3OS/c1-4-20-12-7-5-6-11(9-12)14-18-15(17-3)13-8-10(2)21-16(13)19-14/h5-9H,4H2,1-3H3,(H,17,18,19). The Morgan fingerprint density at radius 1 is 1.24 bits per heavy atom. The minimum absolute atomic E-state index is 0.648. The molecule has 0 fully saturated rings. The van der Waals surface area contributed by atoms with Crippen LogP contribution in [0.4, 0.5) is 5.82 Å². The zero-order chi connectivity index (χ0) is 14.8. The van der Waals surface area contributed by atoms with Crippen molar-refractivity contribution in [2.45, 2.75) is 13.8 Å². The predicted octanol–water partition coefficient (Wildman–Crippen LogP) is 4.11. The fraction of sp³-hybridized carbons (Fsp3) is 0.250. The summed E-state index contributed by atoms with van der Waals surface area (Å²) in [6, 6.07) is 10.0.